The number of benzene rings is 1. The monoisotopic (exact) mass is 227 g/mol. The Labute approximate surface area is 93.5 Å². The molecule has 1 unspecified atom stereocenters. The van der Waals surface area contributed by atoms with Crippen LogP contribution in [-0.4, -0.2) is 29.2 Å². The zero-order chi connectivity index (χ0) is 11.5. The fraction of sp³-hybridized carbons (Fsp3) is 0.500. The maximum atomic E-state index is 13.4. The Morgan fingerprint density at radius 2 is 2.19 bits per heavy atom. The lowest BCUT2D eigenvalue weighted by atomic mass is 10.1. The Morgan fingerprint density at radius 3 is 2.94 bits per heavy atom. The number of aliphatic hydroxyl groups is 1. The molecule has 0 bridgehead atoms. The summed E-state index contributed by atoms with van der Waals surface area (Å²) in [6, 6.07) is 4.21. The van der Waals surface area contributed by atoms with Crippen LogP contribution in [-0.2, 0) is 6.54 Å². The Morgan fingerprint density at radius 1 is 1.38 bits per heavy atom. The molecule has 0 aliphatic carbocycles. The van der Waals surface area contributed by atoms with Crippen molar-refractivity contribution in [1.29, 1.82) is 0 Å². The van der Waals surface area contributed by atoms with E-state index in [0.717, 1.165) is 25.5 Å². The standard InChI is InChI=1S/C12H15F2NO/c13-11-5-1-3-9(12(11)14)7-15-6-2-4-10(16)8-15/h1,3,5,10,16H,2,4,6-8H2. The largest absolute Gasteiger partial charge is 0.392 e. The third-order valence-corrected chi connectivity index (χ3v) is 2.91. The summed E-state index contributed by atoms with van der Waals surface area (Å²) in [5, 5.41) is 9.47. The molecule has 0 aromatic heterocycles. The van der Waals surface area contributed by atoms with Crippen molar-refractivity contribution in [2.75, 3.05) is 13.1 Å². The van der Waals surface area contributed by atoms with Gasteiger partial charge in [-0.25, -0.2) is 8.78 Å². The molecule has 0 saturated carbocycles. The number of rotatable bonds is 2. The number of β-amino-alcohol motifs (C(OH)–C–C–N with tert-alkyl or cyclic N) is 1. The first-order chi connectivity index (χ1) is 7.66. The molecule has 1 aliphatic rings. The zero-order valence-electron chi connectivity index (χ0n) is 9.00. The van der Waals surface area contributed by atoms with E-state index in [1.165, 1.54) is 6.07 Å². The number of hydrogen-bond donors (Lipinski definition) is 1. The van der Waals surface area contributed by atoms with E-state index in [-0.39, 0.29) is 6.10 Å². The first kappa shape index (κ1) is 11.5. The lowest BCUT2D eigenvalue weighted by Crippen LogP contribution is -2.37. The Hall–Kier alpha value is -1.00. The topological polar surface area (TPSA) is 23.5 Å². The van der Waals surface area contributed by atoms with E-state index in [9.17, 15) is 13.9 Å². The molecule has 1 aliphatic heterocycles. The number of nitrogens with zero attached hydrogens (tertiary/aromatic N) is 1. The fourth-order valence-electron chi connectivity index (χ4n) is 2.09. The summed E-state index contributed by atoms with van der Waals surface area (Å²) >= 11 is 0. The van der Waals surface area contributed by atoms with Crippen LogP contribution in [0.25, 0.3) is 0 Å². The molecule has 1 atom stereocenters. The van der Waals surface area contributed by atoms with Crippen LogP contribution in [0.2, 0.25) is 0 Å². The van der Waals surface area contributed by atoms with Gasteiger partial charge in [-0.15, -0.1) is 0 Å². The van der Waals surface area contributed by atoms with E-state index in [1.54, 1.807) is 6.07 Å². The SMILES string of the molecule is OC1CCCN(Cc2cccc(F)c2F)C1. The molecule has 4 heteroatoms. The van der Waals surface area contributed by atoms with Gasteiger partial charge in [0.25, 0.3) is 0 Å². The summed E-state index contributed by atoms with van der Waals surface area (Å²) in [6.45, 7) is 1.73. The summed E-state index contributed by atoms with van der Waals surface area (Å²) in [6.07, 6.45) is 1.35. The average molecular weight is 227 g/mol. The second-order valence-electron chi connectivity index (χ2n) is 4.24. The van der Waals surface area contributed by atoms with Gasteiger partial charge < -0.3 is 5.11 Å². The quantitative estimate of drug-likeness (QED) is 0.834. The molecule has 2 nitrogen and oxygen atoms in total. The highest BCUT2D eigenvalue weighted by atomic mass is 19.2. The van der Waals surface area contributed by atoms with Gasteiger partial charge in [0, 0.05) is 18.7 Å². The van der Waals surface area contributed by atoms with E-state index in [0.29, 0.717) is 18.7 Å². The molecular weight excluding hydrogens is 212 g/mol. The molecular formula is C12H15F2NO. The fourth-order valence-corrected chi connectivity index (χ4v) is 2.09. The maximum Gasteiger partial charge on any atom is 0.163 e. The van der Waals surface area contributed by atoms with Crippen LogP contribution in [0, 0.1) is 11.6 Å². The van der Waals surface area contributed by atoms with E-state index in [4.69, 9.17) is 0 Å². The van der Waals surface area contributed by atoms with Crippen LogP contribution in [0.1, 0.15) is 18.4 Å². The molecule has 1 aromatic carbocycles. The molecule has 88 valence electrons. The van der Waals surface area contributed by atoms with Gasteiger partial charge in [-0.2, -0.15) is 0 Å². The Kier molecular flexibility index (Phi) is 3.51. The molecule has 0 amide bonds. The van der Waals surface area contributed by atoms with Gasteiger partial charge >= 0.3 is 0 Å². The van der Waals surface area contributed by atoms with Crippen molar-refractivity contribution >= 4 is 0 Å². The highest BCUT2D eigenvalue weighted by Crippen LogP contribution is 2.17. The van der Waals surface area contributed by atoms with Crippen LogP contribution in [0.15, 0.2) is 18.2 Å². The smallest absolute Gasteiger partial charge is 0.163 e. The van der Waals surface area contributed by atoms with Crippen molar-refractivity contribution in [3.05, 3.63) is 35.4 Å². The minimum absolute atomic E-state index is 0.342. The van der Waals surface area contributed by atoms with Gasteiger partial charge in [-0.3, -0.25) is 4.90 Å². The molecule has 0 spiro atoms. The third kappa shape index (κ3) is 2.57. The number of halogens is 2. The Balaban J connectivity index is 2.05. The summed E-state index contributed by atoms with van der Waals surface area (Å²) < 4.78 is 26.4. The van der Waals surface area contributed by atoms with Crippen molar-refractivity contribution in [2.24, 2.45) is 0 Å². The average Bonchev–Trinajstić information content (AvgIpc) is 2.25. The van der Waals surface area contributed by atoms with E-state index < -0.39 is 11.6 Å². The van der Waals surface area contributed by atoms with Crippen molar-refractivity contribution in [3.8, 4) is 0 Å². The summed E-state index contributed by atoms with van der Waals surface area (Å²) in [5.41, 5.74) is 0.356. The minimum atomic E-state index is -0.810. The highest BCUT2D eigenvalue weighted by molar-refractivity contribution is 5.18. The van der Waals surface area contributed by atoms with Crippen LogP contribution >= 0.6 is 0 Å². The predicted molar refractivity (Wildman–Crippen MR) is 56.9 cm³/mol. The minimum Gasteiger partial charge on any atom is -0.392 e. The molecule has 1 N–H and O–H groups in total. The number of likely N-dealkylation sites (tertiary alicyclic amines) is 1. The first-order valence-corrected chi connectivity index (χ1v) is 5.50. The van der Waals surface area contributed by atoms with Gasteiger partial charge in [0.2, 0.25) is 0 Å². The lowest BCUT2D eigenvalue weighted by molar-refractivity contribution is 0.0662. The molecule has 1 fully saturated rings. The molecule has 1 saturated heterocycles. The van der Waals surface area contributed by atoms with Gasteiger partial charge in [-0.05, 0) is 25.5 Å². The molecule has 1 aromatic rings. The Bertz CT molecular complexity index is 370. The third-order valence-electron chi connectivity index (χ3n) is 2.91. The van der Waals surface area contributed by atoms with E-state index in [1.807, 2.05) is 4.90 Å². The van der Waals surface area contributed by atoms with Crippen LogP contribution in [0.5, 0.6) is 0 Å². The van der Waals surface area contributed by atoms with Crippen molar-refractivity contribution in [2.45, 2.75) is 25.5 Å². The summed E-state index contributed by atoms with van der Waals surface area (Å²) in [7, 11) is 0. The van der Waals surface area contributed by atoms with Gasteiger partial charge in [0.05, 0.1) is 6.10 Å². The summed E-state index contributed by atoms with van der Waals surface area (Å²) in [4.78, 5) is 1.95. The number of hydrogen-bond acceptors (Lipinski definition) is 2. The molecule has 1 heterocycles. The molecule has 2 rings (SSSR count). The van der Waals surface area contributed by atoms with Crippen LogP contribution in [0.3, 0.4) is 0 Å². The number of aliphatic hydroxyl groups excluding tert-OH is 1. The predicted octanol–water partition coefficient (Wildman–Crippen LogP) is 1.92. The van der Waals surface area contributed by atoms with Crippen LogP contribution in [0.4, 0.5) is 8.78 Å². The normalized spacial score (nSPS) is 22.3. The van der Waals surface area contributed by atoms with Gasteiger partial charge in [0.15, 0.2) is 11.6 Å². The first-order valence-electron chi connectivity index (χ1n) is 5.50. The van der Waals surface area contributed by atoms with Crippen molar-refractivity contribution in [1.82, 2.24) is 4.90 Å². The second kappa shape index (κ2) is 4.89. The van der Waals surface area contributed by atoms with Crippen molar-refractivity contribution in [3.63, 3.8) is 0 Å². The maximum absolute atomic E-state index is 13.4. The number of piperidine rings is 1. The van der Waals surface area contributed by atoms with Crippen LogP contribution < -0.4 is 0 Å². The second-order valence-corrected chi connectivity index (χ2v) is 4.24. The molecule has 0 radical (unpaired) electrons. The lowest BCUT2D eigenvalue weighted by Gasteiger charge is -2.30. The summed E-state index contributed by atoms with van der Waals surface area (Å²) in [5.74, 6) is -1.59. The van der Waals surface area contributed by atoms with Gasteiger partial charge in [0.1, 0.15) is 0 Å². The van der Waals surface area contributed by atoms with E-state index >= 15 is 0 Å². The molecule has 16 heavy (non-hydrogen) atoms. The van der Waals surface area contributed by atoms with Crippen molar-refractivity contribution < 1.29 is 13.9 Å². The van der Waals surface area contributed by atoms with Gasteiger partial charge in [-0.1, -0.05) is 12.1 Å². The van der Waals surface area contributed by atoms with E-state index in [2.05, 4.69) is 0 Å². The zero-order valence-corrected chi connectivity index (χ0v) is 9.00. The highest BCUT2D eigenvalue weighted by Gasteiger charge is 2.19.